The van der Waals surface area contributed by atoms with Crippen molar-refractivity contribution in [1.29, 1.82) is 0 Å². The Balaban J connectivity index is 4.66. The van der Waals surface area contributed by atoms with Crippen LogP contribution in [0.1, 0.15) is 41.5 Å². The standard InChI is InChI=1S/C13H22.W/c1-11(13(5,6)7)9-8-10-12(2,3)4;/h1,8-10H,2-7H3;/b10-8?,11-9+;. The molecular formula is C13H22W. The SMILES string of the molecule is CC(C)(C)C=C/C=C(\[CH]=[W])C(C)(C)C. The Labute approximate surface area is 99.9 Å². The van der Waals surface area contributed by atoms with Gasteiger partial charge in [0.2, 0.25) is 0 Å². The Hall–Kier alpha value is 0.0383. The third kappa shape index (κ3) is 6.49. The van der Waals surface area contributed by atoms with Gasteiger partial charge in [0.1, 0.15) is 0 Å². The second-order valence-corrected chi connectivity index (χ2v) is 6.56. The van der Waals surface area contributed by atoms with E-state index in [1.165, 1.54) is 24.9 Å². The van der Waals surface area contributed by atoms with E-state index in [1.54, 1.807) is 0 Å². The third-order valence-corrected chi connectivity index (χ3v) is 2.78. The molecule has 0 nitrogen and oxygen atoms in total. The summed E-state index contributed by atoms with van der Waals surface area (Å²) in [7, 11) is 0. The van der Waals surface area contributed by atoms with Crippen LogP contribution in [-0.2, 0) is 19.4 Å². The van der Waals surface area contributed by atoms with Crippen LogP contribution in [0.5, 0.6) is 0 Å². The molecule has 0 aromatic rings. The van der Waals surface area contributed by atoms with E-state index >= 15 is 0 Å². The molecule has 0 aliphatic heterocycles. The van der Waals surface area contributed by atoms with Crippen LogP contribution < -0.4 is 0 Å². The van der Waals surface area contributed by atoms with Crippen LogP contribution in [-0.4, -0.2) is 4.40 Å². The molecular weight excluding hydrogens is 340 g/mol. The molecule has 80 valence electrons. The van der Waals surface area contributed by atoms with Crippen molar-refractivity contribution in [3.05, 3.63) is 23.8 Å². The molecule has 0 rings (SSSR count). The predicted molar refractivity (Wildman–Crippen MR) is 62.2 cm³/mol. The van der Waals surface area contributed by atoms with Gasteiger partial charge in [-0.1, -0.05) is 0 Å². The van der Waals surface area contributed by atoms with Crippen molar-refractivity contribution in [1.82, 2.24) is 0 Å². The maximum absolute atomic E-state index is 2.27. The Morgan fingerprint density at radius 1 is 1.00 bits per heavy atom. The number of hydrogen-bond donors (Lipinski definition) is 0. The van der Waals surface area contributed by atoms with E-state index in [4.69, 9.17) is 0 Å². The molecule has 0 saturated heterocycles. The molecule has 0 amide bonds. The van der Waals surface area contributed by atoms with Gasteiger partial charge >= 0.3 is 99.9 Å². The van der Waals surface area contributed by atoms with Gasteiger partial charge in [0.15, 0.2) is 0 Å². The zero-order valence-electron chi connectivity index (χ0n) is 10.2. The molecule has 0 aromatic carbocycles. The molecule has 0 aliphatic carbocycles. The number of allylic oxidation sites excluding steroid dienone is 4. The van der Waals surface area contributed by atoms with Crippen LogP contribution in [0.3, 0.4) is 0 Å². The molecule has 0 aromatic heterocycles. The molecule has 0 saturated carbocycles. The van der Waals surface area contributed by atoms with Crippen molar-refractivity contribution in [2.45, 2.75) is 41.5 Å². The van der Waals surface area contributed by atoms with Gasteiger partial charge < -0.3 is 0 Å². The summed E-state index contributed by atoms with van der Waals surface area (Å²) in [5.41, 5.74) is 1.97. The second kappa shape index (κ2) is 5.21. The fourth-order valence-electron chi connectivity index (χ4n) is 0.907. The van der Waals surface area contributed by atoms with E-state index in [0.717, 1.165) is 0 Å². The van der Waals surface area contributed by atoms with E-state index in [-0.39, 0.29) is 10.8 Å². The minimum absolute atomic E-state index is 0.268. The summed E-state index contributed by atoms with van der Waals surface area (Å²) in [4.78, 5) is 0. The average Bonchev–Trinajstić information content (AvgIpc) is 1.93. The van der Waals surface area contributed by atoms with Crippen molar-refractivity contribution in [3.63, 3.8) is 0 Å². The van der Waals surface area contributed by atoms with Crippen molar-refractivity contribution in [2.75, 3.05) is 0 Å². The summed E-state index contributed by atoms with van der Waals surface area (Å²) in [5.74, 6) is 0. The molecule has 0 atom stereocenters. The van der Waals surface area contributed by atoms with Gasteiger partial charge in [-0.15, -0.1) is 0 Å². The van der Waals surface area contributed by atoms with E-state index in [9.17, 15) is 0 Å². The summed E-state index contributed by atoms with van der Waals surface area (Å²) < 4.78 is 2.27. The number of hydrogen-bond acceptors (Lipinski definition) is 0. The van der Waals surface area contributed by atoms with Crippen molar-refractivity contribution < 1.29 is 19.4 Å². The Morgan fingerprint density at radius 3 is 1.79 bits per heavy atom. The summed E-state index contributed by atoms with van der Waals surface area (Å²) in [6, 6.07) is 0. The molecule has 0 aliphatic rings. The molecule has 1 heteroatoms. The fraction of sp³-hybridized carbons (Fsp3) is 0.615. The van der Waals surface area contributed by atoms with Gasteiger partial charge in [-0.05, 0) is 0 Å². The van der Waals surface area contributed by atoms with Crippen LogP contribution >= 0.6 is 0 Å². The maximum atomic E-state index is 2.27. The molecule has 0 radical (unpaired) electrons. The first-order chi connectivity index (χ1) is 6.17. The van der Waals surface area contributed by atoms with Gasteiger partial charge in [0.05, 0.1) is 0 Å². The van der Waals surface area contributed by atoms with E-state index < -0.39 is 0 Å². The first kappa shape index (κ1) is 14.0. The molecule has 0 spiro atoms. The normalized spacial score (nSPS) is 14.9. The van der Waals surface area contributed by atoms with E-state index in [2.05, 4.69) is 64.2 Å². The third-order valence-electron chi connectivity index (χ3n) is 1.87. The van der Waals surface area contributed by atoms with E-state index in [0.29, 0.717) is 0 Å². The molecule has 14 heavy (non-hydrogen) atoms. The summed E-state index contributed by atoms with van der Waals surface area (Å²) in [5, 5.41) is 0. The Morgan fingerprint density at radius 2 is 1.50 bits per heavy atom. The minimum atomic E-state index is 0.268. The monoisotopic (exact) mass is 362 g/mol. The van der Waals surface area contributed by atoms with Crippen molar-refractivity contribution in [3.8, 4) is 0 Å². The van der Waals surface area contributed by atoms with Gasteiger partial charge in [-0.3, -0.25) is 0 Å². The second-order valence-electron chi connectivity index (χ2n) is 5.72. The first-order valence-corrected chi connectivity index (χ1v) is 6.71. The van der Waals surface area contributed by atoms with Crippen LogP contribution in [0, 0.1) is 10.8 Å². The summed E-state index contributed by atoms with van der Waals surface area (Å²) >= 11 is 1.52. The van der Waals surface area contributed by atoms with Gasteiger partial charge in [-0.2, -0.15) is 0 Å². The molecule has 0 N–H and O–H groups in total. The summed E-state index contributed by atoms with van der Waals surface area (Å²) in [6.45, 7) is 13.4. The average molecular weight is 362 g/mol. The Kier molecular flexibility index (Phi) is 5.23. The summed E-state index contributed by atoms with van der Waals surface area (Å²) in [6.07, 6.45) is 6.66. The first-order valence-electron chi connectivity index (χ1n) is 5.02. The fourth-order valence-corrected chi connectivity index (χ4v) is 2.46. The van der Waals surface area contributed by atoms with Gasteiger partial charge in [0.25, 0.3) is 0 Å². The van der Waals surface area contributed by atoms with Crippen LogP contribution in [0.4, 0.5) is 0 Å². The molecule has 0 fully saturated rings. The van der Waals surface area contributed by atoms with Crippen LogP contribution in [0.15, 0.2) is 23.8 Å². The van der Waals surface area contributed by atoms with Crippen molar-refractivity contribution >= 4 is 4.40 Å². The van der Waals surface area contributed by atoms with Crippen LogP contribution in [0.2, 0.25) is 0 Å². The zero-order valence-corrected chi connectivity index (χ0v) is 13.2. The number of rotatable bonds is 2. The zero-order chi connectivity index (χ0) is 11.4. The quantitative estimate of drug-likeness (QED) is 0.654. The molecule has 0 unspecified atom stereocenters. The predicted octanol–water partition coefficient (Wildman–Crippen LogP) is 3.91. The van der Waals surface area contributed by atoms with E-state index in [1.807, 2.05) is 0 Å². The topological polar surface area (TPSA) is 0 Å². The molecule has 0 heterocycles. The Bertz CT molecular complexity index is 243. The van der Waals surface area contributed by atoms with Gasteiger partial charge in [0, 0.05) is 0 Å². The molecule has 0 bridgehead atoms. The van der Waals surface area contributed by atoms with Gasteiger partial charge in [-0.25, -0.2) is 0 Å². The van der Waals surface area contributed by atoms with Crippen LogP contribution in [0.25, 0.3) is 0 Å². The van der Waals surface area contributed by atoms with Crippen molar-refractivity contribution in [2.24, 2.45) is 10.8 Å².